The molecular formula is C7H8BNO2. The van der Waals surface area contributed by atoms with Crippen molar-refractivity contribution in [2.45, 2.75) is 6.82 Å². The molecule has 0 bridgehead atoms. The molecule has 3 nitrogen and oxygen atoms in total. The predicted molar refractivity (Wildman–Crippen MR) is 43.3 cm³/mol. The first-order valence-electron chi connectivity index (χ1n) is 3.60. The summed E-state index contributed by atoms with van der Waals surface area (Å²) < 4.78 is 10.6. The van der Waals surface area contributed by atoms with Crippen LogP contribution >= 0.6 is 0 Å². The Morgan fingerprint density at radius 3 is 3.18 bits per heavy atom. The monoisotopic (exact) mass is 149 g/mol. The van der Waals surface area contributed by atoms with E-state index in [-0.39, 0.29) is 7.12 Å². The van der Waals surface area contributed by atoms with Gasteiger partial charge in [0.15, 0.2) is 5.76 Å². The Morgan fingerprint density at radius 2 is 2.27 bits per heavy atom. The van der Waals surface area contributed by atoms with E-state index in [9.17, 15) is 0 Å². The topological polar surface area (TPSA) is 30.8 Å². The Hall–Kier alpha value is -1.19. The lowest BCUT2D eigenvalue weighted by molar-refractivity contribution is 0.396. The van der Waals surface area contributed by atoms with E-state index < -0.39 is 0 Å². The van der Waals surface area contributed by atoms with Crippen LogP contribution in [0.3, 0.4) is 0 Å². The molecule has 0 aromatic rings. The van der Waals surface area contributed by atoms with Gasteiger partial charge in [-0.1, -0.05) is 6.08 Å². The molecule has 0 fully saturated rings. The van der Waals surface area contributed by atoms with Crippen molar-refractivity contribution in [2.24, 2.45) is 4.99 Å². The van der Waals surface area contributed by atoms with E-state index in [4.69, 9.17) is 9.31 Å². The summed E-state index contributed by atoms with van der Waals surface area (Å²) in [5.74, 6) is 1.53. The van der Waals surface area contributed by atoms with Crippen molar-refractivity contribution in [1.82, 2.24) is 0 Å². The maximum atomic E-state index is 5.32. The van der Waals surface area contributed by atoms with Crippen molar-refractivity contribution in [3.8, 4) is 0 Å². The summed E-state index contributed by atoms with van der Waals surface area (Å²) in [4.78, 5) is 4.07. The molecule has 0 aliphatic carbocycles. The Kier molecular flexibility index (Phi) is 1.45. The van der Waals surface area contributed by atoms with E-state index in [2.05, 4.69) is 4.99 Å². The van der Waals surface area contributed by atoms with Gasteiger partial charge in [0, 0.05) is 0 Å². The largest absolute Gasteiger partial charge is 0.591 e. The molecule has 0 aromatic heterocycles. The molecule has 11 heavy (non-hydrogen) atoms. The van der Waals surface area contributed by atoms with Crippen molar-refractivity contribution in [2.75, 3.05) is 6.54 Å². The Bertz CT molecular complexity index is 233. The van der Waals surface area contributed by atoms with Gasteiger partial charge in [-0.15, -0.1) is 0 Å². The summed E-state index contributed by atoms with van der Waals surface area (Å²) in [5.41, 5.74) is 0. The molecule has 0 unspecified atom stereocenters. The molecule has 0 saturated carbocycles. The molecule has 0 spiro atoms. The van der Waals surface area contributed by atoms with Crippen LogP contribution in [0, 0.1) is 0 Å². The van der Waals surface area contributed by atoms with E-state index in [1.54, 1.807) is 6.21 Å². The summed E-state index contributed by atoms with van der Waals surface area (Å²) >= 11 is 0. The second kappa shape index (κ2) is 2.45. The molecule has 2 aliphatic heterocycles. The molecule has 56 valence electrons. The van der Waals surface area contributed by atoms with Gasteiger partial charge in [-0.25, -0.2) is 0 Å². The van der Waals surface area contributed by atoms with Gasteiger partial charge in [-0.05, 0) is 12.9 Å². The van der Waals surface area contributed by atoms with Gasteiger partial charge >= 0.3 is 7.12 Å². The second-order valence-corrected chi connectivity index (χ2v) is 2.43. The second-order valence-electron chi connectivity index (χ2n) is 2.43. The van der Waals surface area contributed by atoms with Crippen molar-refractivity contribution in [1.29, 1.82) is 0 Å². The first kappa shape index (κ1) is 6.52. The average Bonchev–Trinajstić information content (AvgIpc) is 2.17. The van der Waals surface area contributed by atoms with Gasteiger partial charge in [0.2, 0.25) is 0 Å². The van der Waals surface area contributed by atoms with Crippen molar-refractivity contribution in [3.63, 3.8) is 0 Å². The van der Waals surface area contributed by atoms with E-state index >= 15 is 0 Å². The summed E-state index contributed by atoms with van der Waals surface area (Å²) in [6.07, 6.45) is 5.55. The van der Waals surface area contributed by atoms with Crippen molar-refractivity contribution in [3.05, 3.63) is 23.7 Å². The number of rotatable bonds is 0. The highest BCUT2D eigenvalue weighted by atomic mass is 16.6. The Labute approximate surface area is 65.6 Å². The standard InChI is InChI=1S/C7H8BNO2/c1-8-10-6-3-2-4-9-5-7(6)11-8/h2-3,5H,4H2,1H3. The van der Waals surface area contributed by atoms with Crippen LogP contribution in [0.25, 0.3) is 0 Å². The fraction of sp³-hybridized carbons (Fsp3) is 0.286. The maximum Gasteiger partial charge on any atom is 0.591 e. The third kappa shape index (κ3) is 1.16. The predicted octanol–water partition coefficient (Wildman–Crippen LogP) is 1.00. The van der Waals surface area contributed by atoms with Crippen LogP contribution in [0.15, 0.2) is 28.7 Å². The van der Waals surface area contributed by atoms with Crippen LogP contribution in [0.4, 0.5) is 0 Å². The van der Waals surface area contributed by atoms with Crippen LogP contribution in [0.5, 0.6) is 0 Å². The zero-order chi connectivity index (χ0) is 7.68. The summed E-state index contributed by atoms with van der Waals surface area (Å²) in [5, 5.41) is 0. The molecule has 0 amide bonds. The van der Waals surface area contributed by atoms with Crippen LogP contribution in [-0.2, 0) is 9.31 Å². The van der Waals surface area contributed by atoms with Crippen molar-refractivity contribution < 1.29 is 9.31 Å². The van der Waals surface area contributed by atoms with Gasteiger partial charge in [-0.3, -0.25) is 4.99 Å². The number of hydrogen-bond donors (Lipinski definition) is 0. The normalized spacial score (nSPS) is 21.0. The first-order valence-corrected chi connectivity index (χ1v) is 3.60. The zero-order valence-corrected chi connectivity index (χ0v) is 6.28. The van der Waals surface area contributed by atoms with E-state index in [0.717, 1.165) is 11.5 Å². The minimum absolute atomic E-state index is 0.172. The summed E-state index contributed by atoms with van der Waals surface area (Å²) in [6, 6.07) is 0. The average molecular weight is 149 g/mol. The summed E-state index contributed by atoms with van der Waals surface area (Å²) in [7, 11) is -0.172. The van der Waals surface area contributed by atoms with Gasteiger partial charge in [0.25, 0.3) is 0 Å². The fourth-order valence-corrected chi connectivity index (χ4v) is 1.07. The molecule has 4 heteroatoms. The molecule has 2 aliphatic rings. The minimum atomic E-state index is -0.172. The molecule has 2 heterocycles. The van der Waals surface area contributed by atoms with Gasteiger partial charge in [0.05, 0.1) is 12.8 Å². The van der Waals surface area contributed by atoms with Gasteiger partial charge in [-0.2, -0.15) is 0 Å². The minimum Gasteiger partial charge on any atom is -0.523 e. The number of nitrogens with zero attached hydrogens (tertiary/aromatic N) is 1. The van der Waals surface area contributed by atoms with E-state index in [0.29, 0.717) is 6.54 Å². The number of allylic oxidation sites excluding steroid dienone is 2. The van der Waals surface area contributed by atoms with Crippen LogP contribution in [-0.4, -0.2) is 19.9 Å². The smallest absolute Gasteiger partial charge is 0.523 e. The maximum absolute atomic E-state index is 5.32. The fourth-order valence-electron chi connectivity index (χ4n) is 1.07. The van der Waals surface area contributed by atoms with E-state index in [1.807, 2.05) is 19.0 Å². The Balaban J connectivity index is 2.28. The van der Waals surface area contributed by atoms with Crippen LogP contribution < -0.4 is 0 Å². The van der Waals surface area contributed by atoms with Gasteiger partial charge in [0.1, 0.15) is 5.76 Å². The number of hydrogen-bond acceptors (Lipinski definition) is 3. The molecule has 0 radical (unpaired) electrons. The molecule has 0 saturated heterocycles. The van der Waals surface area contributed by atoms with Crippen LogP contribution in [0.2, 0.25) is 6.82 Å². The van der Waals surface area contributed by atoms with Gasteiger partial charge < -0.3 is 9.31 Å². The highest BCUT2D eigenvalue weighted by Gasteiger charge is 2.26. The molecular weight excluding hydrogens is 141 g/mol. The first-order chi connectivity index (χ1) is 5.36. The molecule has 2 rings (SSSR count). The molecule has 0 aromatic carbocycles. The third-order valence-corrected chi connectivity index (χ3v) is 1.52. The molecule has 0 N–H and O–H groups in total. The number of aliphatic imine (C=N–C) groups is 1. The zero-order valence-electron chi connectivity index (χ0n) is 6.28. The molecule has 0 atom stereocenters. The highest BCUT2D eigenvalue weighted by molar-refractivity contribution is 6.44. The van der Waals surface area contributed by atoms with E-state index in [1.165, 1.54) is 0 Å². The SMILES string of the molecule is CB1OC2=C(C=NCC=C2)O1. The third-order valence-electron chi connectivity index (χ3n) is 1.52. The van der Waals surface area contributed by atoms with Crippen LogP contribution in [0.1, 0.15) is 0 Å². The lowest BCUT2D eigenvalue weighted by atomic mass is 9.97. The lowest BCUT2D eigenvalue weighted by Crippen LogP contribution is -2.08. The Morgan fingerprint density at radius 1 is 1.45 bits per heavy atom. The lowest BCUT2D eigenvalue weighted by Gasteiger charge is -1.97. The highest BCUT2D eigenvalue weighted by Crippen LogP contribution is 2.20. The van der Waals surface area contributed by atoms with Crippen molar-refractivity contribution >= 4 is 13.3 Å². The summed E-state index contributed by atoms with van der Waals surface area (Å²) in [6.45, 7) is 2.56. The quantitative estimate of drug-likeness (QED) is 0.481.